The molecule has 0 radical (unpaired) electrons. The number of aliphatic carboxylic acids is 2. The number of hydrogen-bond acceptors (Lipinski definition) is 5. The van der Waals surface area contributed by atoms with Crippen molar-refractivity contribution in [1.82, 2.24) is 0 Å². The summed E-state index contributed by atoms with van der Waals surface area (Å²) in [6.07, 6.45) is 3.35. The summed E-state index contributed by atoms with van der Waals surface area (Å²) < 4.78 is 5.18. The van der Waals surface area contributed by atoms with Crippen LogP contribution in [-0.4, -0.2) is 34.1 Å². The maximum Gasteiger partial charge on any atom is 0.316 e. The molecule has 188 valence electrons. The molecule has 2 N–H and O–H groups in total. The first-order valence-corrected chi connectivity index (χ1v) is 12.1. The van der Waals surface area contributed by atoms with Gasteiger partial charge >= 0.3 is 23.9 Å². The number of rotatable bonds is 16. The van der Waals surface area contributed by atoms with E-state index in [-0.39, 0.29) is 25.7 Å². The molecular formula is C28H34O7. The summed E-state index contributed by atoms with van der Waals surface area (Å²) >= 11 is 0. The quantitative estimate of drug-likeness (QED) is 0.253. The number of hydrogen-bond donors (Lipinski definition) is 2. The van der Waals surface area contributed by atoms with E-state index in [9.17, 15) is 19.2 Å². The van der Waals surface area contributed by atoms with Crippen LogP contribution in [0.1, 0.15) is 62.5 Å². The van der Waals surface area contributed by atoms with Crippen LogP contribution in [0.4, 0.5) is 0 Å². The Balaban J connectivity index is 1.95. The Morgan fingerprint density at radius 3 is 1.31 bits per heavy atom. The van der Waals surface area contributed by atoms with Crippen molar-refractivity contribution in [3.63, 3.8) is 0 Å². The Morgan fingerprint density at radius 2 is 0.971 bits per heavy atom. The fourth-order valence-corrected chi connectivity index (χ4v) is 4.02. The monoisotopic (exact) mass is 482 g/mol. The van der Waals surface area contributed by atoms with Gasteiger partial charge in [0.2, 0.25) is 0 Å². The number of ether oxygens (including phenoxy) is 1. The molecule has 0 saturated heterocycles. The molecule has 0 heterocycles. The van der Waals surface area contributed by atoms with Crippen molar-refractivity contribution in [3.05, 3.63) is 71.8 Å². The van der Waals surface area contributed by atoms with Crippen LogP contribution in [0.3, 0.4) is 0 Å². The lowest BCUT2D eigenvalue weighted by atomic mass is 9.94. The third-order valence-electron chi connectivity index (χ3n) is 6.00. The molecule has 2 aromatic rings. The van der Waals surface area contributed by atoms with Crippen LogP contribution in [0.5, 0.6) is 0 Å². The van der Waals surface area contributed by atoms with Gasteiger partial charge < -0.3 is 14.9 Å². The van der Waals surface area contributed by atoms with E-state index < -0.39 is 35.7 Å². The fraction of sp³-hybridized carbons (Fsp3) is 0.429. The van der Waals surface area contributed by atoms with Gasteiger partial charge in [-0.25, -0.2) is 0 Å². The van der Waals surface area contributed by atoms with Crippen LogP contribution < -0.4 is 0 Å². The highest BCUT2D eigenvalue weighted by Crippen LogP contribution is 2.22. The lowest BCUT2D eigenvalue weighted by molar-refractivity contribution is -0.166. The normalized spacial score (nSPS) is 12.5. The number of benzene rings is 2. The minimum Gasteiger partial charge on any atom is -0.481 e. The topological polar surface area (TPSA) is 118 Å². The molecule has 0 amide bonds. The van der Waals surface area contributed by atoms with Crippen molar-refractivity contribution >= 4 is 23.9 Å². The van der Waals surface area contributed by atoms with Gasteiger partial charge in [-0.05, 0) is 62.5 Å². The minimum absolute atomic E-state index is 0.0873. The lowest BCUT2D eigenvalue weighted by Gasteiger charge is -2.18. The second kappa shape index (κ2) is 15.4. The molecule has 0 spiro atoms. The van der Waals surface area contributed by atoms with Gasteiger partial charge in [0.15, 0.2) is 0 Å². The predicted octanol–water partition coefficient (Wildman–Crippen LogP) is 5.06. The zero-order chi connectivity index (χ0) is 25.5. The second-order valence-electron chi connectivity index (χ2n) is 8.75. The molecule has 0 aliphatic carbocycles. The number of esters is 2. The van der Waals surface area contributed by atoms with Crippen molar-refractivity contribution in [1.29, 1.82) is 0 Å². The Labute approximate surface area is 206 Å². The van der Waals surface area contributed by atoms with Crippen LogP contribution in [0.2, 0.25) is 0 Å². The highest BCUT2D eigenvalue weighted by Gasteiger charge is 2.28. The van der Waals surface area contributed by atoms with E-state index in [1.165, 1.54) is 0 Å². The average molecular weight is 483 g/mol. The van der Waals surface area contributed by atoms with Crippen LogP contribution in [0.25, 0.3) is 0 Å². The first-order chi connectivity index (χ1) is 16.8. The maximum atomic E-state index is 12.8. The van der Waals surface area contributed by atoms with E-state index in [0.29, 0.717) is 25.7 Å². The Hall–Kier alpha value is -3.48. The molecule has 2 unspecified atom stereocenters. The van der Waals surface area contributed by atoms with Gasteiger partial charge in [-0.2, -0.15) is 0 Å². The zero-order valence-electron chi connectivity index (χ0n) is 19.9. The van der Waals surface area contributed by atoms with Gasteiger partial charge in [0.1, 0.15) is 0 Å². The highest BCUT2D eigenvalue weighted by atomic mass is 16.6. The molecule has 2 aromatic carbocycles. The molecule has 35 heavy (non-hydrogen) atoms. The van der Waals surface area contributed by atoms with E-state index in [4.69, 9.17) is 14.9 Å². The summed E-state index contributed by atoms with van der Waals surface area (Å²) in [4.78, 5) is 47.7. The molecule has 7 nitrogen and oxygen atoms in total. The molecule has 0 aromatic heterocycles. The van der Waals surface area contributed by atoms with Crippen molar-refractivity contribution in [2.24, 2.45) is 11.8 Å². The standard InChI is InChI=1S/C28H34O7/c29-25(30)19-17-23(15-7-13-21-9-3-1-4-10-21)27(33)35-28(34)24(18-20-26(31)32)16-8-14-22-11-5-2-6-12-22/h1-6,9-12,23-24H,7-8,13-20H2,(H,29,30)(H,31,32). The van der Waals surface area contributed by atoms with Gasteiger partial charge in [-0.3, -0.25) is 19.2 Å². The van der Waals surface area contributed by atoms with E-state index in [1.807, 2.05) is 60.7 Å². The first kappa shape index (κ1) is 27.8. The van der Waals surface area contributed by atoms with Gasteiger partial charge in [0, 0.05) is 12.8 Å². The number of carboxylic acids is 2. The summed E-state index contributed by atoms with van der Waals surface area (Å²) in [5.41, 5.74) is 2.22. The summed E-state index contributed by atoms with van der Waals surface area (Å²) in [5.74, 6) is -4.90. The van der Waals surface area contributed by atoms with Gasteiger partial charge in [-0.15, -0.1) is 0 Å². The van der Waals surface area contributed by atoms with Crippen LogP contribution in [-0.2, 0) is 36.8 Å². The molecule has 7 heteroatoms. The molecular weight excluding hydrogens is 448 g/mol. The molecule has 2 atom stereocenters. The first-order valence-electron chi connectivity index (χ1n) is 12.1. The molecule has 0 bridgehead atoms. The average Bonchev–Trinajstić information content (AvgIpc) is 2.84. The molecule has 0 saturated carbocycles. The Kier molecular flexibility index (Phi) is 12.2. The largest absolute Gasteiger partial charge is 0.481 e. The minimum atomic E-state index is -1.02. The SMILES string of the molecule is O=C(O)CCC(CCCc1ccccc1)C(=O)OC(=O)C(CCCc1ccccc1)CCC(=O)O. The van der Waals surface area contributed by atoms with Crippen molar-refractivity contribution in [2.45, 2.75) is 64.2 Å². The Morgan fingerprint density at radius 1 is 0.600 bits per heavy atom. The van der Waals surface area contributed by atoms with Crippen LogP contribution in [0.15, 0.2) is 60.7 Å². The number of carbonyl (C=O) groups excluding carboxylic acids is 2. The predicted molar refractivity (Wildman–Crippen MR) is 131 cm³/mol. The molecule has 0 aliphatic heterocycles. The Bertz CT molecular complexity index is 863. The van der Waals surface area contributed by atoms with E-state index >= 15 is 0 Å². The summed E-state index contributed by atoms with van der Waals surface area (Å²) in [6.45, 7) is 0. The second-order valence-corrected chi connectivity index (χ2v) is 8.75. The van der Waals surface area contributed by atoms with E-state index in [0.717, 1.165) is 24.0 Å². The third-order valence-corrected chi connectivity index (χ3v) is 6.00. The number of carboxylic acid groups (broad SMARTS) is 2. The summed E-state index contributed by atoms with van der Waals surface area (Å²) in [5, 5.41) is 18.1. The zero-order valence-corrected chi connectivity index (χ0v) is 19.9. The van der Waals surface area contributed by atoms with E-state index in [1.54, 1.807) is 0 Å². The van der Waals surface area contributed by atoms with Crippen molar-refractivity contribution in [2.75, 3.05) is 0 Å². The summed E-state index contributed by atoms with van der Waals surface area (Å²) in [7, 11) is 0. The summed E-state index contributed by atoms with van der Waals surface area (Å²) in [6, 6.07) is 19.5. The number of aryl methyl sites for hydroxylation is 2. The third kappa shape index (κ3) is 11.5. The van der Waals surface area contributed by atoms with E-state index in [2.05, 4.69) is 0 Å². The van der Waals surface area contributed by atoms with Crippen LogP contribution >= 0.6 is 0 Å². The van der Waals surface area contributed by atoms with Gasteiger partial charge in [0.25, 0.3) is 0 Å². The lowest BCUT2D eigenvalue weighted by Crippen LogP contribution is -2.27. The smallest absolute Gasteiger partial charge is 0.316 e. The fourth-order valence-electron chi connectivity index (χ4n) is 4.02. The van der Waals surface area contributed by atoms with Gasteiger partial charge in [-0.1, -0.05) is 60.7 Å². The van der Waals surface area contributed by atoms with Gasteiger partial charge in [0.05, 0.1) is 11.8 Å². The molecule has 0 fully saturated rings. The number of carbonyl (C=O) groups is 4. The highest BCUT2D eigenvalue weighted by molar-refractivity contribution is 5.88. The molecule has 2 rings (SSSR count). The van der Waals surface area contributed by atoms with Crippen LogP contribution in [0, 0.1) is 11.8 Å². The van der Waals surface area contributed by atoms with Crippen molar-refractivity contribution in [3.8, 4) is 0 Å². The maximum absolute atomic E-state index is 12.8. The molecule has 0 aliphatic rings. The van der Waals surface area contributed by atoms with Crippen molar-refractivity contribution < 1.29 is 34.1 Å².